The monoisotopic (exact) mass is 545 g/mol. The zero-order valence-electron chi connectivity index (χ0n) is 15.6. The molecule has 1 aliphatic heterocycles. The Morgan fingerprint density at radius 1 is 1.35 bits per heavy atom. The third kappa shape index (κ3) is 7.19. The van der Waals surface area contributed by atoms with Crippen molar-refractivity contribution in [3.63, 3.8) is 0 Å². The van der Waals surface area contributed by atoms with Gasteiger partial charge in [-0.3, -0.25) is 4.31 Å². The number of guanidine groups is 1. The van der Waals surface area contributed by atoms with Crippen LogP contribution in [-0.2, 0) is 20.2 Å². The van der Waals surface area contributed by atoms with E-state index in [9.17, 15) is 34.9 Å². The van der Waals surface area contributed by atoms with Crippen molar-refractivity contribution >= 4 is 37.8 Å². The summed E-state index contributed by atoms with van der Waals surface area (Å²) in [6.07, 6.45) is -9.70. The van der Waals surface area contributed by atoms with Crippen molar-refractivity contribution in [3.05, 3.63) is 28.2 Å². The van der Waals surface area contributed by atoms with E-state index in [1.54, 1.807) is 0 Å². The first-order chi connectivity index (χ1) is 13.8. The molecule has 0 radical (unpaired) electrons. The highest BCUT2D eigenvalue weighted by atomic mass is 79.9. The zero-order chi connectivity index (χ0) is 24.4. The maximum Gasteiger partial charge on any atom is 0.490 e. The number of hydrogen-bond donors (Lipinski definition) is 2. The summed E-state index contributed by atoms with van der Waals surface area (Å²) in [5, 5.41) is 7.12. The fourth-order valence-corrected chi connectivity index (χ4v) is 4.57. The van der Waals surface area contributed by atoms with Crippen LogP contribution in [0.15, 0.2) is 26.1 Å². The van der Waals surface area contributed by atoms with Crippen LogP contribution in [0.25, 0.3) is 0 Å². The molecule has 8 nitrogen and oxygen atoms in total. The van der Waals surface area contributed by atoms with Crippen molar-refractivity contribution in [2.24, 2.45) is 15.1 Å². The van der Waals surface area contributed by atoms with Crippen LogP contribution < -0.4 is 5.73 Å². The van der Waals surface area contributed by atoms with Crippen molar-refractivity contribution in [1.82, 2.24) is 9.29 Å². The highest BCUT2D eigenvalue weighted by molar-refractivity contribution is 9.10. The van der Waals surface area contributed by atoms with Gasteiger partial charge >= 0.3 is 18.3 Å². The summed E-state index contributed by atoms with van der Waals surface area (Å²) >= 11 is 3.09. The van der Waals surface area contributed by atoms with Gasteiger partial charge in [0.25, 0.3) is 0 Å². The van der Waals surface area contributed by atoms with Crippen molar-refractivity contribution in [1.29, 1.82) is 0 Å². The van der Waals surface area contributed by atoms with Gasteiger partial charge in [-0.05, 0) is 35.0 Å². The standard InChI is InChI=1S/C12H14BrF4N5OS.C2HF3O2/c1-11(9-7(14)3-4-8(13)20-9)6-24(23,19-5-12(15,16)17)22(2)10(18)21-11;3-2(4,5)1(6)7/h3-4H,5-6H2,1-2H3,(H2,18,21);(H,6,7)/t11-,24?;/m0./s1. The first-order valence-electron chi connectivity index (χ1n) is 7.80. The highest BCUT2D eigenvalue weighted by Gasteiger charge is 2.42. The Balaban J connectivity index is 0.000000592. The van der Waals surface area contributed by atoms with E-state index < -0.39 is 51.9 Å². The number of halogens is 8. The van der Waals surface area contributed by atoms with Gasteiger partial charge in [-0.2, -0.15) is 26.3 Å². The number of alkyl halides is 6. The van der Waals surface area contributed by atoms with Crippen LogP contribution in [0.4, 0.5) is 30.7 Å². The molecule has 1 aliphatic rings. The number of aliphatic imine (C=N–C) groups is 1. The van der Waals surface area contributed by atoms with E-state index in [0.29, 0.717) is 4.60 Å². The number of carbonyl (C=O) groups is 1. The second kappa shape index (κ2) is 9.13. The first-order valence-corrected chi connectivity index (χ1v) is 10.2. The largest absolute Gasteiger partial charge is 0.490 e. The van der Waals surface area contributed by atoms with Gasteiger partial charge < -0.3 is 10.8 Å². The van der Waals surface area contributed by atoms with Gasteiger partial charge in [0.15, 0.2) is 0 Å². The molecule has 2 heterocycles. The van der Waals surface area contributed by atoms with Crippen molar-refractivity contribution in [2.75, 3.05) is 19.3 Å². The average Bonchev–Trinajstić information content (AvgIpc) is 2.59. The summed E-state index contributed by atoms with van der Waals surface area (Å²) in [5.41, 5.74) is 3.99. The van der Waals surface area contributed by atoms with E-state index in [1.807, 2.05) is 0 Å². The molecule has 0 aliphatic carbocycles. The lowest BCUT2D eigenvalue weighted by Gasteiger charge is -2.36. The van der Waals surface area contributed by atoms with Crippen LogP contribution in [0.1, 0.15) is 12.6 Å². The molecule has 0 bridgehead atoms. The van der Waals surface area contributed by atoms with E-state index in [0.717, 1.165) is 10.4 Å². The lowest BCUT2D eigenvalue weighted by molar-refractivity contribution is -0.192. The number of carboxylic acids is 1. The summed E-state index contributed by atoms with van der Waals surface area (Å²) < 4.78 is 101. The molecular formula is C14H15BrF7N5O3S. The quantitative estimate of drug-likeness (QED) is 0.437. The molecule has 176 valence electrons. The summed E-state index contributed by atoms with van der Waals surface area (Å²) in [4.78, 5) is 17.0. The van der Waals surface area contributed by atoms with Crippen LogP contribution >= 0.6 is 15.9 Å². The topological polar surface area (TPSA) is 121 Å². The molecule has 1 aromatic rings. The van der Waals surface area contributed by atoms with Crippen molar-refractivity contribution in [2.45, 2.75) is 24.8 Å². The second-order valence-electron chi connectivity index (χ2n) is 6.16. The molecule has 1 aromatic heterocycles. The van der Waals surface area contributed by atoms with E-state index >= 15 is 0 Å². The Morgan fingerprint density at radius 2 is 1.87 bits per heavy atom. The zero-order valence-corrected chi connectivity index (χ0v) is 18.0. The van der Waals surface area contributed by atoms with E-state index in [-0.39, 0.29) is 11.7 Å². The average molecular weight is 546 g/mol. The number of nitrogens with two attached hydrogens (primary N) is 1. The molecule has 0 fully saturated rings. The number of aromatic nitrogens is 1. The summed E-state index contributed by atoms with van der Waals surface area (Å²) in [6, 6.07) is 2.48. The van der Waals surface area contributed by atoms with Crippen LogP contribution in [-0.4, -0.2) is 62.2 Å². The first kappa shape index (κ1) is 26.9. The Kier molecular flexibility index (Phi) is 7.92. The number of hydrogen-bond acceptors (Lipinski definition) is 6. The lowest BCUT2D eigenvalue weighted by Crippen LogP contribution is -2.51. The molecule has 0 spiro atoms. The molecule has 0 aromatic carbocycles. The Morgan fingerprint density at radius 3 is 2.32 bits per heavy atom. The Bertz CT molecular complexity index is 991. The number of rotatable bonds is 2. The Hall–Kier alpha value is -2.17. The molecule has 2 atom stereocenters. The van der Waals surface area contributed by atoms with Gasteiger partial charge in [-0.25, -0.2) is 27.7 Å². The normalized spacial score (nSPS) is 24.1. The fraction of sp³-hybridized carbons (Fsp3) is 0.500. The molecule has 0 saturated heterocycles. The van der Waals surface area contributed by atoms with Crippen molar-refractivity contribution < 1.29 is 44.8 Å². The van der Waals surface area contributed by atoms with Gasteiger partial charge in [0.1, 0.15) is 38.1 Å². The van der Waals surface area contributed by atoms with Crippen LogP contribution in [0.5, 0.6) is 0 Å². The molecule has 0 amide bonds. The van der Waals surface area contributed by atoms with E-state index in [2.05, 4.69) is 30.3 Å². The van der Waals surface area contributed by atoms with Crippen LogP contribution in [0.3, 0.4) is 0 Å². The highest BCUT2D eigenvalue weighted by Crippen LogP contribution is 2.34. The molecule has 2 rings (SSSR count). The van der Waals surface area contributed by atoms with Crippen LogP contribution in [0.2, 0.25) is 0 Å². The predicted octanol–water partition coefficient (Wildman–Crippen LogP) is 3.04. The van der Waals surface area contributed by atoms with Crippen molar-refractivity contribution in [3.8, 4) is 0 Å². The van der Waals surface area contributed by atoms with Gasteiger partial charge in [0.05, 0.1) is 5.75 Å². The maximum atomic E-state index is 14.1. The molecule has 0 saturated carbocycles. The molecule has 1 unspecified atom stereocenters. The Labute approximate surface area is 179 Å². The van der Waals surface area contributed by atoms with Gasteiger partial charge in [0.2, 0.25) is 5.96 Å². The summed E-state index contributed by atoms with van der Waals surface area (Å²) in [6.45, 7) is -0.207. The third-order valence-corrected chi connectivity index (χ3v) is 6.55. The molecule has 31 heavy (non-hydrogen) atoms. The smallest absolute Gasteiger partial charge is 0.475 e. The predicted molar refractivity (Wildman–Crippen MR) is 98.7 cm³/mol. The number of carboxylic acid groups (broad SMARTS) is 1. The summed E-state index contributed by atoms with van der Waals surface area (Å²) in [7, 11) is -2.35. The number of nitrogens with zero attached hydrogens (tertiary/aromatic N) is 4. The van der Waals surface area contributed by atoms with E-state index in [1.165, 1.54) is 20.0 Å². The molecule has 3 N–H and O–H groups in total. The van der Waals surface area contributed by atoms with Gasteiger partial charge in [-0.15, -0.1) is 0 Å². The van der Waals surface area contributed by atoms with Crippen LogP contribution in [0, 0.1) is 5.82 Å². The van der Waals surface area contributed by atoms with Gasteiger partial charge in [-0.1, -0.05) is 0 Å². The third-order valence-electron chi connectivity index (χ3n) is 3.59. The van der Waals surface area contributed by atoms with E-state index in [4.69, 9.17) is 15.6 Å². The molecule has 17 heteroatoms. The van der Waals surface area contributed by atoms with Gasteiger partial charge in [0, 0.05) is 7.05 Å². The number of pyridine rings is 1. The minimum absolute atomic E-state index is 0.178. The lowest BCUT2D eigenvalue weighted by atomic mass is 10.00. The molecular weight excluding hydrogens is 531 g/mol. The maximum absolute atomic E-state index is 14.1. The SMILES string of the molecule is CN1C(N)=N[C@](C)(c2nc(Br)ccc2F)CS1(=O)=NCC(F)(F)F.O=C(O)C(F)(F)F. The summed E-state index contributed by atoms with van der Waals surface area (Å²) in [5.74, 6) is -4.28. The fourth-order valence-electron chi connectivity index (χ4n) is 2.19. The minimum atomic E-state index is -5.08. The minimum Gasteiger partial charge on any atom is -0.475 e. The second-order valence-corrected chi connectivity index (χ2v) is 9.28. The number of aliphatic carboxylic acids is 1.